The number of carboxylic acid groups (broad SMARTS) is 1. The number of likely N-dealkylation sites (N-methyl/N-ethyl adjacent to an activating group) is 2. The summed E-state index contributed by atoms with van der Waals surface area (Å²) in [5, 5.41) is 20.3. The molecule has 28 heteroatoms. The Labute approximate surface area is 618 Å². The van der Waals surface area contributed by atoms with Gasteiger partial charge in [0.25, 0.3) is 0 Å². The first-order chi connectivity index (χ1) is 46.8. The van der Waals surface area contributed by atoms with Gasteiger partial charge >= 0.3 is 58.5 Å². The van der Waals surface area contributed by atoms with E-state index in [1.807, 2.05) is 88.2 Å². The van der Waals surface area contributed by atoms with Gasteiger partial charge < -0.3 is 54.1 Å². The summed E-state index contributed by atoms with van der Waals surface area (Å²) < 4.78 is 30.4. The molecule has 0 aliphatic carbocycles. The standard InChI is InChI=1S/C35H62N4O7SSi.C34H60N4O7SSi.3CH3.H2O.Sn/c1-11-18-30(40)45-23-39(34(42)31(25(8)12-2)37-32(41)27-19-16-17-20-38(27)9)28(24(6)7)21-29(46-48(13-3,14-4)15-5)33-36-26(22-47-33)35(43)44-10;1-10-17-29(39)44-22-38(33(41)30(24(8)11-2)36-31(40)26-18-15-16-19-37(26)9)27(23(6)7)20-28(45-47(12-3,13-4)14-5)32-35-25(21-46-32)34(42)43;;;;;/h22,24-25,27-29,31H,11-21,23H2,1-10H3,(H,37,41);21,23-24,26-28,30H,10-20,22H2,1-9H3,(H,36,40)(H,42,43);3*1H3;1H2;/t25?,27-,28-,29-,31+;24?,26-,27-,28-,30+;;;;;/m11...../s1. The molecule has 5 N–H and O–H groups in total. The van der Waals surface area contributed by atoms with Crippen molar-refractivity contribution in [2.75, 3.05) is 47.8 Å². The van der Waals surface area contributed by atoms with Crippen LogP contribution in [0.2, 0.25) is 51.1 Å². The number of esters is 3. The molecule has 2 saturated heterocycles. The number of aromatic nitrogens is 2. The molecule has 4 heterocycles. The first kappa shape index (κ1) is 94.1. The molecular weight excluding hydrogens is 1460 g/mol. The average molecular weight is 1590 g/mol. The molecule has 100 heavy (non-hydrogen) atoms. The normalized spacial score (nSPS) is 17.6. The van der Waals surface area contributed by atoms with Crippen LogP contribution >= 0.6 is 22.7 Å². The van der Waals surface area contributed by atoms with Crippen LogP contribution in [0.5, 0.6) is 0 Å². The van der Waals surface area contributed by atoms with E-state index in [0.29, 0.717) is 48.5 Å². The number of carboxylic acids is 1. The van der Waals surface area contributed by atoms with Gasteiger partial charge in [-0.2, -0.15) is 0 Å². The van der Waals surface area contributed by atoms with Crippen LogP contribution in [0.4, 0.5) is 0 Å². The Balaban J connectivity index is 0.000000940. The van der Waals surface area contributed by atoms with Crippen LogP contribution < -0.4 is 10.6 Å². The maximum absolute atomic E-state index is 14.8. The molecule has 2 fully saturated rings. The van der Waals surface area contributed by atoms with Gasteiger partial charge in [0.05, 0.1) is 31.4 Å². The van der Waals surface area contributed by atoms with Crippen LogP contribution in [0.25, 0.3) is 0 Å². The Hall–Kier alpha value is -3.95. The Morgan fingerprint density at radius 2 is 0.930 bits per heavy atom. The van der Waals surface area contributed by atoms with Gasteiger partial charge in [-0.3, -0.25) is 38.6 Å². The fourth-order valence-corrected chi connectivity index (χ4v) is 20.1. The van der Waals surface area contributed by atoms with Crippen molar-refractivity contribution in [1.29, 1.82) is 0 Å². The number of carbonyl (C=O) groups excluding carboxylic acids is 7. The number of carbonyl (C=O) groups is 8. The number of hydrogen-bond acceptors (Lipinski definition) is 19. The molecule has 2 aliphatic heterocycles. The zero-order chi connectivity index (χ0) is 74.9. The quantitative estimate of drug-likeness (QED) is 0.0242. The van der Waals surface area contributed by atoms with Crippen molar-refractivity contribution in [2.24, 2.45) is 23.7 Å². The van der Waals surface area contributed by atoms with Gasteiger partial charge in [-0.25, -0.2) is 19.6 Å². The Bertz CT molecular complexity index is 2740. The van der Waals surface area contributed by atoms with Crippen molar-refractivity contribution in [3.63, 3.8) is 0 Å². The summed E-state index contributed by atoms with van der Waals surface area (Å²) in [5.74, 6) is -3.78. The molecule has 10 atom stereocenters. The molecule has 0 saturated carbocycles. The van der Waals surface area contributed by atoms with E-state index in [4.69, 9.17) is 23.1 Å². The predicted molar refractivity (Wildman–Crippen MR) is 407 cm³/mol. The number of nitrogens with zero attached hydrogens (tertiary/aromatic N) is 6. The van der Waals surface area contributed by atoms with Gasteiger partial charge in [0, 0.05) is 35.7 Å². The Morgan fingerprint density at radius 1 is 0.590 bits per heavy atom. The van der Waals surface area contributed by atoms with E-state index in [1.165, 1.54) is 35.2 Å². The molecule has 1 radical (unpaired) electrons. The van der Waals surface area contributed by atoms with Gasteiger partial charge in [-0.1, -0.05) is 136 Å². The van der Waals surface area contributed by atoms with Crippen LogP contribution in [-0.4, -0.2) is 208 Å². The molecule has 575 valence electrons. The zero-order valence-corrected chi connectivity index (χ0v) is 71.8. The number of methoxy groups -OCH3 is 1. The van der Waals surface area contributed by atoms with Crippen molar-refractivity contribution in [3.05, 3.63) is 32.2 Å². The third-order valence-corrected chi connectivity index (χ3v) is 31.2. The number of ether oxygens (including phenoxy) is 3. The van der Waals surface area contributed by atoms with E-state index in [-0.39, 0.29) is 109 Å². The number of thiazole rings is 2. The summed E-state index contributed by atoms with van der Waals surface area (Å²) in [6.07, 6.45) is 8.19. The summed E-state index contributed by atoms with van der Waals surface area (Å²) in [6.45, 7) is 33.9. The fraction of sp³-hybridized carbons (Fsp3) is 0.806. The summed E-state index contributed by atoms with van der Waals surface area (Å²) in [5.41, 5.74) is 0.183. The van der Waals surface area contributed by atoms with Crippen molar-refractivity contribution in [2.45, 2.75) is 300 Å². The number of likely N-dealkylation sites (tertiary alicyclic amines) is 2. The fourth-order valence-electron chi connectivity index (χ4n) is 12.6. The molecule has 2 unspecified atom stereocenters. The van der Waals surface area contributed by atoms with E-state index in [1.54, 1.807) is 15.2 Å². The number of rotatable bonds is 40. The van der Waals surface area contributed by atoms with Gasteiger partial charge in [0.15, 0.2) is 41.5 Å². The number of hydrogen-bond donors (Lipinski definition) is 3. The van der Waals surface area contributed by atoms with E-state index in [2.05, 4.69) is 81.9 Å². The van der Waals surface area contributed by atoms with Crippen LogP contribution in [0.15, 0.2) is 10.8 Å². The zero-order valence-electron chi connectivity index (χ0n) is 65.3. The molecule has 4 rings (SSSR count). The minimum atomic E-state index is -2.22. The third-order valence-electron chi connectivity index (χ3n) is 20.0. The summed E-state index contributed by atoms with van der Waals surface area (Å²) in [7, 11) is 0.815. The second-order valence-electron chi connectivity index (χ2n) is 28.4. The van der Waals surface area contributed by atoms with Gasteiger partial charge in [-0.15, -0.1) is 22.7 Å². The van der Waals surface area contributed by atoms with E-state index < -0.39 is 90.7 Å². The number of aromatic carboxylic acids is 1. The third kappa shape index (κ3) is 29.5. The van der Waals surface area contributed by atoms with Crippen LogP contribution in [0.1, 0.15) is 244 Å². The summed E-state index contributed by atoms with van der Waals surface area (Å²) in [4.78, 5) is 130. The van der Waals surface area contributed by atoms with Gasteiger partial charge in [0.1, 0.15) is 22.1 Å². The van der Waals surface area contributed by atoms with Crippen molar-refractivity contribution in [1.82, 2.24) is 40.2 Å². The molecule has 2 aromatic rings. The average Bonchev–Trinajstić information content (AvgIpc) is 1.38. The molecule has 2 aromatic heterocycles. The number of piperidine rings is 2. The van der Waals surface area contributed by atoms with Gasteiger partial charge in [0.2, 0.25) is 23.6 Å². The maximum atomic E-state index is 14.8. The first-order valence-electron chi connectivity index (χ1n) is 37.1. The molecule has 0 bridgehead atoms. The van der Waals surface area contributed by atoms with Crippen LogP contribution in [0, 0.1) is 23.7 Å². The van der Waals surface area contributed by atoms with Gasteiger partial charge in [-0.05, 0) is 138 Å². The molecule has 2 aliphatic rings. The van der Waals surface area contributed by atoms with E-state index in [9.17, 15) is 43.5 Å². The van der Waals surface area contributed by atoms with E-state index in [0.717, 1.165) is 87.9 Å². The van der Waals surface area contributed by atoms with Crippen molar-refractivity contribution in [3.8, 4) is 0 Å². The first-order valence-corrected chi connectivity index (χ1v) is 52.5. The molecule has 0 spiro atoms. The van der Waals surface area contributed by atoms with Crippen molar-refractivity contribution >= 4 is 107 Å². The molecular formula is C72H133N8O15S2Si2Sn. The predicted octanol–water partition coefficient (Wildman–Crippen LogP) is 13.6. The topological polar surface area (TPSA) is 297 Å². The number of nitrogens with one attached hydrogen (secondary N) is 2. The van der Waals surface area contributed by atoms with Crippen molar-refractivity contribution < 1.29 is 72.0 Å². The molecule has 23 nitrogen and oxygen atoms in total. The minimum absolute atomic E-state index is 0. The second kappa shape index (κ2) is 48.2. The molecule has 0 aromatic carbocycles. The summed E-state index contributed by atoms with van der Waals surface area (Å²) in [6, 6.07) is 2.27. The Morgan fingerprint density at radius 3 is 1.21 bits per heavy atom. The molecule has 4 amide bonds. The second-order valence-corrected chi connectivity index (χ2v) is 48.2. The van der Waals surface area contributed by atoms with E-state index >= 15 is 0 Å². The van der Waals surface area contributed by atoms with Crippen LogP contribution in [-0.2, 0) is 51.8 Å². The number of amides is 4. The van der Waals surface area contributed by atoms with Crippen LogP contribution in [0.3, 0.4) is 0 Å². The monoisotopic (exact) mass is 1590 g/mol. The Kier molecular flexibility index (Phi) is 45.4. The summed E-state index contributed by atoms with van der Waals surface area (Å²) >= 11 is 2.05. The SMILES string of the molecule is CCCC(=O)OCN(C(=O)[C@@H](NC(=O)[C@H]1CCCCN1C)C(C)CC)[C@H](C[C@@H](O[Si](CC)(CC)CC)c1nc(C(=O)O)cs1)C(C)C.CCCC(=O)OCN(C(=O)[C@@H](NC(=O)[C@H]1CCCCN1C)C(C)CC)[C@H](C[C@@H](O[Si](CC)(CC)CC)c1nc(C(=O)OC)cs1)C(C)C.O.[CH3][Sn]([CH3])[CH3].